The molecule has 0 saturated heterocycles. The Morgan fingerprint density at radius 3 is 1.74 bits per heavy atom. The largest absolute Gasteiger partial charge is 0.359 e. The second-order valence-corrected chi connectivity index (χ2v) is 14.9. The molecule has 57 heavy (non-hydrogen) atoms. The minimum absolute atomic E-state index is 0.0368. The Morgan fingerprint density at radius 1 is 0.456 bits per heavy atom. The molecule has 0 saturated carbocycles. The number of aromatic nitrogens is 1. The highest BCUT2D eigenvalue weighted by atomic mass is 15.0. The standard InChI is InChI=1S/C54H41N3/c1-36-32-44(50-35-49(40-20-11-5-12-21-40)55-54(56-50)41-22-13-6-14-23-41)27-29-45(36)46-24-15-25-51(37(46)2)57-52-31-28-42(38-16-7-3-8-17-38)33-48(52)47-30-26-43(34-53(47)57)39-18-9-4-10-19-39/h3-35,50H,1-2H3,(H,55,56). The van der Waals surface area contributed by atoms with E-state index in [9.17, 15) is 0 Å². The number of nitrogens with one attached hydrogen (secondary N) is 1. The maximum absolute atomic E-state index is 5.08. The fraction of sp³-hybridized carbons (Fsp3) is 0.0556. The monoisotopic (exact) mass is 731 g/mol. The third-order valence-corrected chi connectivity index (χ3v) is 11.4. The molecule has 1 aliphatic rings. The van der Waals surface area contributed by atoms with E-state index >= 15 is 0 Å². The summed E-state index contributed by atoms with van der Waals surface area (Å²) in [6.45, 7) is 4.51. The molecule has 8 aromatic carbocycles. The van der Waals surface area contributed by atoms with Crippen LogP contribution in [0.5, 0.6) is 0 Å². The van der Waals surface area contributed by atoms with Gasteiger partial charge in [0.2, 0.25) is 0 Å². The van der Waals surface area contributed by atoms with E-state index in [0.717, 1.165) is 22.7 Å². The van der Waals surface area contributed by atoms with Gasteiger partial charge in [-0.25, -0.2) is 4.99 Å². The lowest BCUT2D eigenvalue weighted by Crippen LogP contribution is -2.31. The zero-order valence-corrected chi connectivity index (χ0v) is 32.0. The van der Waals surface area contributed by atoms with Crippen LogP contribution in [-0.4, -0.2) is 10.4 Å². The molecule has 1 atom stereocenters. The highest BCUT2D eigenvalue weighted by Gasteiger charge is 2.22. The predicted octanol–water partition coefficient (Wildman–Crippen LogP) is 13.5. The van der Waals surface area contributed by atoms with Crippen LogP contribution >= 0.6 is 0 Å². The Morgan fingerprint density at radius 2 is 1.07 bits per heavy atom. The maximum atomic E-state index is 5.08. The molecule has 1 unspecified atom stereocenters. The van der Waals surface area contributed by atoms with Crippen LogP contribution in [0.2, 0.25) is 0 Å². The van der Waals surface area contributed by atoms with Crippen molar-refractivity contribution in [1.29, 1.82) is 0 Å². The summed E-state index contributed by atoms with van der Waals surface area (Å²) < 4.78 is 2.47. The Bertz CT molecular complexity index is 2980. The Labute approximate surface area is 333 Å². The first-order valence-electron chi connectivity index (χ1n) is 19.7. The topological polar surface area (TPSA) is 29.3 Å². The van der Waals surface area contributed by atoms with Gasteiger partial charge in [-0.1, -0.05) is 170 Å². The van der Waals surface area contributed by atoms with Gasteiger partial charge in [-0.15, -0.1) is 0 Å². The van der Waals surface area contributed by atoms with E-state index in [2.05, 4.69) is 218 Å². The third-order valence-electron chi connectivity index (χ3n) is 11.4. The molecule has 1 N–H and O–H groups in total. The van der Waals surface area contributed by atoms with Crippen LogP contribution in [0.1, 0.15) is 33.9 Å². The van der Waals surface area contributed by atoms with Gasteiger partial charge in [-0.3, -0.25) is 0 Å². The second kappa shape index (κ2) is 14.4. The Balaban J connectivity index is 1.08. The summed E-state index contributed by atoms with van der Waals surface area (Å²) in [5, 5.41) is 6.24. The molecule has 272 valence electrons. The van der Waals surface area contributed by atoms with Crippen LogP contribution in [0.3, 0.4) is 0 Å². The van der Waals surface area contributed by atoms with Gasteiger partial charge >= 0.3 is 0 Å². The van der Waals surface area contributed by atoms with Gasteiger partial charge < -0.3 is 9.88 Å². The van der Waals surface area contributed by atoms with E-state index in [1.165, 1.54) is 77.6 Å². The van der Waals surface area contributed by atoms with Crippen molar-refractivity contribution in [1.82, 2.24) is 9.88 Å². The van der Waals surface area contributed by atoms with Crippen molar-refractivity contribution in [3.63, 3.8) is 0 Å². The smallest absolute Gasteiger partial charge is 0.134 e. The summed E-state index contributed by atoms with van der Waals surface area (Å²) in [5.41, 5.74) is 17.7. The van der Waals surface area contributed by atoms with E-state index in [1.54, 1.807) is 0 Å². The van der Waals surface area contributed by atoms with Gasteiger partial charge in [-0.05, 0) is 99.8 Å². The molecule has 0 bridgehead atoms. The first kappa shape index (κ1) is 34.3. The number of amidine groups is 1. The minimum Gasteiger partial charge on any atom is -0.359 e. The number of nitrogens with zero attached hydrogens (tertiary/aromatic N) is 2. The molecule has 3 nitrogen and oxygen atoms in total. The number of hydrogen-bond donors (Lipinski definition) is 1. The summed E-state index contributed by atoms with van der Waals surface area (Å²) >= 11 is 0. The van der Waals surface area contributed by atoms with Crippen molar-refractivity contribution in [3.05, 3.63) is 228 Å². The first-order valence-corrected chi connectivity index (χ1v) is 19.7. The van der Waals surface area contributed by atoms with Crippen molar-refractivity contribution in [2.75, 3.05) is 0 Å². The number of hydrogen-bond acceptors (Lipinski definition) is 2. The minimum atomic E-state index is -0.0368. The molecule has 1 aromatic heterocycles. The number of benzene rings is 8. The summed E-state index contributed by atoms with van der Waals surface area (Å²) in [6, 6.07) is 69.7. The average Bonchev–Trinajstić information content (AvgIpc) is 3.60. The Kier molecular flexibility index (Phi) is 8.69. The van der Waals surface area contributed by atoms with Crippen molar-refractivity contribution < 1.29 is 0 Å². The zero-order valence-electron chi connectivity index (χ0n) is 32.0. The van der Waals surface area contributed by atoms with Gasteiger partial charge in [0, 0.05) is 22.0 Å². The molecular weight excluding hydrogens is 691 g/mol. The predicted molar refractivity (Wildman–Crippen MR) is 240 cm³/mol. The fourth-order valence-electron chi connectivity index (χ4n) is 8.47. The fourth-order valence-corrected chi connectivity index (χ4v) is 8.47. The van der Waals surface area contributed by atoms with Gasteiger partial charge in [-0.2, -0.15) is 0 Å². The Hall–Kier alpha value is -7.23. The molecule has 9 aromatic rings. The molecule has 0 radical (unpaired) electrons. The molecular formula is C54H41N3. The van der Waals surface area contributed by atoms with Crippen molar-refractivity contribution >= 4 is 33.3 Å². The van der Waals surface area contributed by atoms with Crippen LogP contribution in [-0.2, 0) is 0 Å². The van der Waals surface area contributed by atoms with Crippen LogP contribution < -0.4 is 5.32 Å². The van der Waals surface area contributed by atoms with Crippen LogP contribution in [0.15, 0.2) is 205 Å². The molecule has 0 fully saturated rings. The maximum Gasteiger partial charge on any atom is 0.134 e. The zero-order chi connectivity index (χ0) is 38.3. The lowest BCUT2D eigenvalue weighted by atomic mass is 9.92. The summed E-state index contributed by atoms with van der Waals surface area (Å²) in [6.07, 6.45) is 2.25. The van der Waals surface area contributed by atoms with E-state index in [0.29, 0.717) is 0 Å². The van der Waals surface area contributed by atoms with Crippen LogP contribution in [0.4, 0.5) is 0 Å². The van der Waals surface area contributed by atoms with Crippen LogP contribution in [0, 0.1) is 13.8 Å². The summed E-state index contributed by atoms with van der Waals surface area (Å²) in [4.78, 5) is 5.08. The summed E-state index contributed by atoms with van der Waals surface area (Å²) in [5.74, 6) is 0.879. The number of aliphatic imine (C=N–C) groups is 1. The molecule has 10 rings (SSSR count). The molecule has 0 spiro atoms. The quantitative estimate of drug-likeness (QED) is 0.174. The van der Waals surface area contributed by atoms with Gasteiger partial charge in [0.1, 0.15) is 5.84 Å². The molecule has 2 heterocycles. The number of aryl methyl sites for hydroxylation is 1. The van der Waals surface area contributed by atoms with Gasteiger partial charge in [0.25, 0.3) is 0 Å². The van der Waals surface area contributed by atoms with E-state index < -0.39 is 0 Å². The normalized spacial score (nSPS) is 14.0. The van der Waals surface area contributed by atoms with Gasteiger partial charge in [0.15, 0.2) is 0 Å². The molecule has 0 aliphatic carbocycles. The van der Waals surface area contributed by atoms with E-state index in [-0.39, 0.29) is 6.04 Å². The third kappa shape index (κ3) is 6.33. The number of rotatable bonds is 7. The second-order valence-electron chi connectivity index (χ2n) is 14.9. The van der Waals surface area contributed by atoms with E-state index in [4.69, 9.17) is 4.99 Å². The summed E-state index contributed by atoms with van der Waals surface area (Å²) in [7, 11) is 0. The van der Waals surface area contributed by atoms with Crippen molar-refractivity contribution in [3.8, 4) is 39.1 Å². The van der Waals surface area contributed by atoms with Gasteiger partial charge in [0.05, 0.1) is 22.8 Å². The van der Waals surface area contributed by atoms with Crippen molar-refractivity contribution in [2.24, 2.45) is 4.99 Å². The lowest BCUT2D eigenvalue weighted by molar-refractivity contribution is 0.780. The molecule has 3 heteroatoms. The average molecular weight is 732 g/mol. The first-order chi connectivity index (χ1) is 28.1. The van der Waals surface area contributed by atoms with E-state index in [1.807, 2.05) is 6.07 Å². The van der Waals surface area contributed by atoms with Crippen LogP contribution in [0.25, 0.3) is 66.6 Å². The molecule has 0 amide bonds. The lowest BCUT2D eigenvalue weighted by Gasteiger charge is -2.25. The van der Waals surface area contributed by atoms with Crippen molar-refractivity contribution in [2.45, 2.75) is 19.9 Å². The number of fused-ring (bicyclic) bond motifs is 3. The SMILES string of the molecule is Cc1cc(C2C=C(c3ccccc3)N=C(c3ccccc3)N2)ccc1-c1cccc(-n2c3ccc(-c4ccccc4)cc3c3ccc(-c4ccccc4)cc32)c1C. The highest BCUT2D eigenvalue weighted by Crippen LogP contribution is 2.40. The molecule has 1 aliphatic heterocycles. The highest BCUT2D eigenvalue weighted by molar-refractivity contribution is 6.11.